The van der Waals surface area contributed by atoms with Gasteiger partial charge in [0.2, 0.25) is 11.8 Å². The van der Waals surface area contributed by atoms with Crippen molar-refractivity contribution in [2.75, 3.05) is 6.54 Å². The molecule has 2 amide bonds. The first-order valence-corrected chi connectivity index (χ1v) is 7.15. The molecule has 1 aliphatic carbocycles. The Hall–Kier alpha value is -1.06. The third kappa shape index (κ3) is 2.02. The summed E-state index contributed by atoms with van der Waals surface area (Å²) in [6.45, 7) is 6.76. The molecule has 0 aromatic rings. The molecular weight excluding hydrogens is 228 g/mol. The fraction of sp³-hybridized carbons (Fsp3) is 0.857. The standard InChI is InChI=1S/C14H24N2O2/c1-4-9-16-11(10(2)3)12(17)15-14(13(16)18)7-5-6-8-14/h10-11H,4-9H2,1-3H3,(H,15,17). The zero-order chi connectivity index (χ0) is 13.3. The predicted molar refractivity (Wildman–Crippen MR) is 70.0 cm³/mol. The van der Waals surface area contributed by atoms with Gasteiger partial charge in [-0.05, 0) is 25.2 Å². The SMILES string of the molecule is CCCN1C(=O)C2(CCCC2)NC(=O)C1C(C)C. The minimum Gasteiger partial charge on any atom is -0.340 e. The van der Waals surface area contributed by atoms with Crippen molar-refractivity contribution < 1.29 is 9.59 Å². The van der Waals surface area contributed by atoms with Crippen LogP contribution in [0.15, 0.2) is 0 Å². The first-order valence-electron chi connectivity index (χ1n) is 7.15. The summed E-state index contributed by atoms with van der Waals surface area (Å²) < 4.78 is 0. The molecule has 1 saturated carbocycles. The van der Waals surface area contributed by atoms with E-state index in [2.05, 4.69) is 12.2 Å². The minimum absolute atomic E-state index is 0.0416. The maximum atomic E-state index is 12.7. The monoisotopic (exact) mass is 252 g/mol. The van der Waals surface area contributed by atoms with Gasteiger partial charge < -0.3 is 10.2 Å². The quantitative estimate of drug-likeness (QED) is 0.831. The minimum atomic E-state index is -0.572. The number of hydrogen-bond donors (Lipinski definition) is 1. The number of amides is 2. The van der Waals surface area contributed by atoms with Gasteiger partial charge >= 0.3 is 0 Å². The summed E-state index contributed by atoms with van der Waals surface area (Å²) in [6.07, 6.45) is 4.60. The summed E-state index contributed by atoms with van der Waals surface area (Å²) in [6, 6.07) is -0.288. The number of nitrogens with one attached hydrogen (secondary N) is 1. The van der Waals surface area contributed by atoms with Crippen LogP contribution in [-0.4, -0.2) is 34.8 Å². The highest BCUT2D eigenvalue weighted by atomic mass is 16.2. The van der Waals surface area contributed by atoms with E-state index in [1.54, 1.807) is 0 Å². The van der Waals surface area contributed by atoms with Crippen LogP contribution in [0.1, 0.15) is 52.9 Å². The summed E-state index contributed by atoms with van der Waals surface area (Å²) in [5.74, 6) is 0.361. The Bertz CT molecular complexity index is 346. The van der Waals surface area contributed by atoms with Crippen molar-refractivity contribution in [1.29, 1.82) is 0 Å². The Labute approximate surface area is 109 Å². The number of carbonyl (C=O) groups excluding carboxylic acids is 2. The van der Waals surface area contributed by atoms with E-state index in [4.69, 9.17) is 0 Å². The van der Waals surface area contributed by atoms with Gasteiger partial charge in [0.15, 0.2) is 0 Å². The van der Waals surface area contributed by atoms with Gasteiger partial charge in [-0.2, -0.15) is 0 Å². The van der Waals surface area contributed by atoms with Crippen LogP contribution in [0.3, 0.4) is 0 Å². The molecule has 0 bridgehead atoms. The van der Waals surface area contributed by atoms with Crippen molar-refractivity contribution in [3.8, 4) is 0 Å². The lowest BCUT2D eigenvalue weighted by atomic mass is 9.87. The third-order valence-electron chi connectivity index (χ3n) is 4.19. The summed E-state index contributed by atoms with van der Waals surface area (Å²) in [5.41, 5.74) is -0.572. The summed E-state index contributed by atoms with van der Waals surface area (Å²) >= 11 is 0. The smallest absolute Gasteiger partial charge is 0.249 e. The fourth-order valence-electron chi connectivity index (χ4n) is 3.37. The van der Waals surface area contributed by atoms with Crippen LogP contribution in [0.2, 0.25) is 0 Å². The number of carbonyl (C=O) groups is 2. The van der Waals surface area contributed by atoms with E-state index >= 15 is 0 Å². The van der Waals surface area contributed by atoms with Crippen LogP contribution in [0.4, 0.5) is 0 Å². The lowest BCUT2D eigenvalue weighted by molar-refractivity contribution is -0.156. The molecule has 2 fully saturated rings. The van der Waals surface area contributed by atoms with E-state index < -0.39 is 5.54 Å². The lowest BCUT2D eigenvalue weighted by Gasteiger charge is -2.45. The molecule has 0 aromatic carbocycles. The van der Waals surface area contributed by atoms with Gasteiger partial charge in [0.1, 0.15) is 11.6 Å². The van der Waals surface area contributed by atoms with Crippen LogP contribution in [-0.2, 0) is 9.59 Å². The largest absolute Gasteiger partial charge is 0.340 e. The molecule has 1 atom stereocenters. The number of nitrogens with zero attached hydrogens (tertiary/aromatic N) is 1. The topological polar surface area (TPSA) is 49.4 Å². The van der Waals surface area contributed by atoms with Crippen LogP contribution in [0.5, 0.6) is 0 Å². The van der Waals surface area contributed by atoms with Gasteiger partial charge in [-0.3, -0.25) is 9.59 Å². The molecule has 1 spiro atoms. The van der Waals surface area contributed by atoms with Gasteiger partial charge in [0.25, 0.3) is 0 Å². The highest BCUT2D eigenvalue weighted by Gasteiger charge is 2.52. The Morgan fingerprint density at radius 1 is 1.33 bits per heavy atom. The highest BCUT2D eigenvalue weighted by molar-refractivity contribution is 6.00. The molecule has 1 heterocycles. The molecule has 4 nitrogen and oxygen atoms in total. The molecule has 0 aromatic heterocycles. The van der Waals surface area contributed by atoms with E-state index in [-0.39, 0.29) is 23.8 Å². The fourth-order valence-corrected chi connectivity index (χ4v) is 3.37. The van der Waals surface area contributed by atoms with Gasteiger partial charge in [0, 0.05) is 6.54 Å². The van der Waals surface area contributed by atoms with E-state index in [0.29, 0.717) is 6.54 Å². The molecule has 2 rings (SSSR count). The van der Waals surface area contributed by atoms with Crippen LogP contribution < -0.4 is 5.32 Å². The van der Waals surface area contributed by atoms with Gasteiger partial charge in [-0.1, -0.05) is 33.6 Å². The van der Waals surface area contributed by atoms with Gasteiger partial charge in [0.05, 0.1) is 0 Å². The maximum Gasteiger partial charge on any atom is 0.249 e. The van der Waals surface area contributed by atoms with Crippen LogP contribution >= 0.6 is 0 Å². The summed E-state index contributed by atoms with van der Waals surface area (Å²) in [7, 11) is 0. The molecule has 1 unspecified atom stereocenters. The normalized spacial score (nSPS) is 27.1. The van der Waals surface area contributed by atoms with E-state index in [1.165, 1.54) is 0 Å². The molecule has 0 radical (unpaired) electrons. The Kier molecular flexibility index (Phi) is 3.64. The second-order valence-corrected chi connectivity index (χ2v) is 5.97. The molecule has 1 saturated heterocycles. The third-order valence-corrected chi connectivity index (χ3v) is 4.19. The summed E-state index contributed by atoms with van der Waals surface area (Å²) in [4.78, 5) is 26.9. The zero-order valence-corrected chi connectivity index (χ0v) is 11.7. The van der Waals surface area contributed by atoms with E-state index in [0.717, 1.165) is 32.1 Å². The predicted octanol–water partition coefficient (Wildman–Crippen LogP) is 1.69. The van der Waals surface area contributed by atoms with E-state index in [1.807, 2.05) is 18.7 Å². The molecule has 1 aliphatic heterocycles. The van der Waals surface area contributed by atoms with E-state index in [9.17, 15) is 9.59 Å². The molecule has 18 heavy (non-hydrogen) atoms. The van der Waals surface area contributed by atoms with Crippen molar-refractivity contribution >= 4 is 11.8 Å². The number of rotatable bonds is 3. The first kappa shape index (κ1) is 13.4. The number of piperazine rings is 1. The zero-order valence-electron chi connectivity index (χ0n) is 11.7. The Morgan fingerprint density at radius 3 is 2.44 bits per heavy atom. The Morgan fingerprint density at radius 2 is 1.94 bits per heavy atom. The highest BCUT2D eigenvalue weighted by Crippen LogP contribution is 2.35. The van der Waals surface area contributed by atoms with Crippen molar-refractivity contribution in [2.45, 2.75) is 64.5 Å². The van der Waals surface area contributed by atoms with Crippen LogP contribution in [0, 0.1) is 5.92 Å². The molecule has 1 N–H and O–H groups in total. The maximum absolute atomic E-state index is 12.7. The lowest BCUT2D eigenvalue weighted by Crippen LogP contribution is -2.70. The molecule has 2 aliphatic rings. The average molecular weight is 252 g/mol. The second kappa shape index (κ2) is 4.90. The van der Waals surface area contributed by atoms with Crippen molar-refractivity contribution in [1.82, 2.24) is 10.2 Å². The second-order valence-electron chi connectivity index (χ2n) is 5.97. The van der Waals surface area contributed by atoms with Gasteiger partial charge in [-0.25, -0.2) is 0 Å². The van der Waals surface area contributed by atoms with Crippen molar-refractivity contribution in [3.05, 3.63) is 0 Å². The number of hydrogen-bond acceptors (Lipinski definition) is 2. The van der Waals surface area contributed by atoms with Crippen molar-refractivity contribution in [3.63, 3.8) is 0 Å². The molecule has 102 valence electrons. The average Bonchev–Trinajstić information content (AvgIpc) is 2.75. The first-order chi connectivity index (χ1) is 8.52. The molecular formula is C14H24N2O2. The molecule has 4 heteroatoms. The van der Waals surface area contributed by atoms with Crippen molar-refractivity contribution in [2.24, 2.45) is 5.92 Å². The van der Waals surface area contributed by atoms with Gasteiger partial charge in [-0.15, -0.1) is 0 Å². The summed E-state index contributed by atoms with van der Waals surface area (Å²) in [5, 5.41) is 3.03. The Balaban J connectivity index is 2.29. The van der Waals surface area contributed by atoms with Crippen LogP contribution in [0.25, 0.3) is 0 Å².